The zero-order valence-electron chi connectivity index (χ0n) is 22.1. The first-order valence-corrected chi connectivity index (χ1v) is 13.3. The Bertz CT molecular complexity index is 1470. The van der Waals surface area contributed by atoms with E-state index in [0.717, 1.165) is 11.1 Å². The van der Waals surface area contributed by atoms with Crippen LogP contribution in [0.15, 0.2) is 52.7 Å². The summed E-state index contributed by atoms with van der Waals surface area (Å²) < 4.78 is 14.7. The molecular weight excluding hydrogens is 537 g/mol. The molecule has 3 heterocycles. The Hall–Kier alpha value is -4.25. The number of halogens is 2. The van der Waals surface area contributed by atoms with Crippen LogP contribution in [0.3, 0.4) is 0 Å². The number of hydrogen-bond donors (Lipinski definition) is 4. The molecule has 4 amide bonds. The molecule has 208 valence electrons. The third-order valence-electron chi connectivity index (χ3n) is 7.35. The Balaban J connectivity index is 1.29. The smallest absolute Gasteiger partial charge is 0.334 e. The highest BCUT2D eigenvalue weighted by molar-refractivity contribution is 6.33. The summed E-state index contributed by atoms with van der Waals surface area (Å²) in [6, 6.07) is 4.48. The molecule has 10 nitrogen and oxygen atoms in total. The van der Waals surface area contributed by atoms with Gasteiger partial charge in [0, 0.05) is 26.0 Å². The van der Waals surface area contributed by atoms with Gasteiger partial charge in [-0.3, -0.25) is 25.4 Å². The summed E-state index contributed by atoms with van der Waals surface area (Å²) in [4.78, 5) is 48.2. The highest BCUT2D eigenvalue weighted by Gasteiger charge is 2.31. The molecule has 2 aliphatic heterocycles. The van der Waals surface area contributed by atoms with Crippen LogP contribution in [-0.2, 0) is 11.2 Å². The number of urea groups is 1. The minimum Gasteiger partial charge on any atom is -0.344 e. The van der Waals surface area contributed by atoms with Gasteiger partial charge in [0.1, 0.15) is 11.9 Å². The molecule has 1 fully saturated rings. The fraction of sp³-hybridized carbons (Fsp3) is 0.321. The maximum Gasteiger partial charge on any atom is 0.334 e. The number of nitrogens with one attached hydrogen (secondary N) is 4. The van der Waals surface area contributed by atoms with Gasteiger partial charge >= 0.3 is 6.03 Å². The molecule has 0 bridgehead atoms. The molecule has 2 atom stereocenters. The summed E-state index contributed by atoms with van der Waals surface area (Å²) in [5, 5.41) is 5.75. The molecule has 4 N–H and O–H groups in total. The Morgan fingerprint density at radius 3 is 2.80 bits per heavy atom. The number of hydrogen-bond acceptors (Lipinski definition) is 6. The van der Waals surface area contributed by atoms with Gasteiger partial charge in [0.25, 0.3) is 5.91 Å². The summed E-state index contributed by atoms with van der Waals surface area (Å²) in [5.41, 5.74) is 8.94. The van der Waals surface area contributed by atoms with Gasteiger partial charge in [0.15, 0.2) is 5.82 Å². The molecule has 1 aromatic heterocycles. The Morgan fingerprint density at radius 1 is 1.20 bits per heavy atom. The summed E-state index contributed by atoms with van der Waals surface area (Å²) >= 11 is 6.38. The minimum atomic E-state index is -0.623. The van der Waals surface area contributed by atoms with E-state index in [1.165, 1.54) is 12.1 Å². The van der Waals surface area contributed by atoms with Crippen molar-refractivity contribution in [2.24, 2.45) is 4.99 Å². The number of anilines is 1. The lowest BCUT2D eigenvalue weighted by Crippen LogP contribution is -2.42. The van der Waals surface area contributed by atoms with E-state index in [0.29, 0.717) is 49.0 Å². The molecule has 1 saturated heterocycles. The molecule has 2 aromatic rings. The molecule has 40 heavy (non-hydrogen) atoms. The highest BCUT2D eigenvalue weighted by atomic mass is 35.5. The van der Waals surface area contributed by atoms with Crippen molar-refractivity contribution >= 4 is 41.5 Å². The zero-order chi connectivity index (χ0) is 28.4. The van der Waals surface area contributed by atoms with Crippen molar-refractivity contribution in [1.29, 1.82) is 0 Å². The molecular formula is C28H29ClFN7O3. The van der Waals surface area contributed by atoms with E-state index in [-0.39, 0.29) is 28.1 Å². The van der Waals surface area contributed by atoms with Gasteiger partial charge < -0.3 is 15.5 Å². The minimum absolute atomic E-state index is 0.0970. The normalized spacial score (nSPS) is 19.9. The van der Waals surface area contributed by atoms with Crippen molar-refractivity contribution in [3.8, 4) is 0 Å². The first kappa shape index (κ1) is 27.3. The number of likely N-dealkylation sites (tertiary alicyclic amines) is 1. The lowest BCUT2D eigenvalue weighted by molar-refractivity contribution is -0.128. The standard InChI is InChI=1S/C28H29ClFN7O3/c1-15-19(26(38)33-23-10-12-37(2)27(23)39)13-21(29)25(32-15)35-36-28(40)34-24-18-6-3-7-22(30)17(18)9-8-16-5-4-11-31-14-20(16)24/h3-4,6-7,11,13-14,23-24H,5,8-10,12H2,1-2H3,(H,32,35)(H,33,38)(H2,34,36,40). The molecule has 2 unspecified atom stereocenters. The second kappa shape index (κ2) is 11.5. The molecule has 12 heteroatoms. The van der Waals surface area contributed by atoms with Crippen molar-refractivity contribution in [2.75, 3.05) is 19.0 Å². The zero-order valence-corrected chi connectivity index (χ0v) is 22.8. The number of aliphatic imine (C=N–C) groups is 1. The maximum absolute atomic E-state index is 14.7. The molecule has 0 saturated carbocycles. The van der Waals surface area contributed by atoms with E-state index in [1.807, 2.05) is 12.1 Å². The lowest BCUT2D eigenvalue weighted by atomic mass is 9.94. The number of likely N-dealkylation sites (N-methyl/N-ethyl adjacent to an activating group) is 1. The molecule has 3 aliphatic rings. The van der Waals surface area contributed by atoms with Crippen LogP contribution in [0.25, 0.3) is 0 Å². The van der Waals surface area contributed by atoms with Crippen molar-refractivity contribution in [1.82, 2.24) is 25.9 Å². The van der Waals surface area contributed by atoms with Crippen molar-refractivity contribution in [2.45, 2.75) is 44.7 Å². The number of rotatable bonds is 5. The Kier molecular flexibility index (Phi) is 7.83. The van der Waals surface area contributed by atoms with Crippen molar-refractivity contribution < 1.29 is 18.8 Å². The quantitative estimate of drug-likeness (QED) is 0.411. The van der Waals surface area contributed by atoms with Crippen LogP contribution in [0.4, 0.5) is 15.0 Å². The van der Waals surface area contributed by atoms with Crippen LogP contribution in [0.5, 0.6) is 0 Å². The average Bonchev–Trinajstić information content (AvgIpc) is 3.08. The van der Waals surface area contributed by atoms with E-state index in [2.05, 4.69) is 31.5 Å². The van der Waals surface area contributed by atoms with Crippen LogP contribution < -0.4 is 21.5 Å². The van der Waals surface area contributed by atoms with Crippen molar-refractivity contribution in [3.05, 3.63) is 80.9 Å². The Morgan fingerprint density at radius 2 is 2.02 bits per heavy atom. The first-order chi connectivity index (χ1) is 19.2. The number of benzene rings is 1. The predicted molar refractivity (Wildman–Crippen MR) is 150 cm³/mol. The maximum atomic E-state index is 14.7. The van der Waals surface area contributed by atoms with Crippen LogP contribution in [0, 0.1) is 12.7 Å². The summed E-state index contributed by atoms with van der Waals surface area (Å²) in [6.45, 7) is 2.20. The number of fused-ring (bicyclic) bond motifs is 1. The van der Waals surface area contributed by atoms with Gasteiger partial charge in [-0.1, -0.05) is 35.4 Å². The van der Waals surface area contributed by atoms with Gasteiger partial charge in [-0.2, -0.15) is 0 Å². The van der Waals surface area contributed by atoms with E-state index in [1.54, 1.807) is 37.4 Å². The van der Waals surface area contributed by atoms with Crippen LogP contribution in [-0.4, -0.2) is 53.6 Å². The first-order valence-electron chi connectivity index (χ1n) is 13.0. The number of carbonyl (C=O) groups excluding carboxylic acids is 3. The van der Waals surface area contributed by atoms with Crippen LogP contribution >= 0.6 is 11.6 Å². The SMILES string of the molecule is Cc1nc(NNC(=O)NC2C3=C(CC=CN=C3)CCc3c(F)cccc32)c(Cl)cc1C(=O)NC1CCN(C)C1=O. The van der Waals surface area contributed by atoms with Gasteiger partial charge in [0.2, 0.25) is 5.91 Å². The van der Waals surface area contributed by atoms with Crippen LogP contribution in [0.1, 0.15) is 52.5 Å². The van der Waals surface area contributed by atoms with E-state index in [4.69, 9.17) is 11.6 Å². The summed E-state index contributed by atoms with van der Waals surface area (Å²) in [6.07, 6.45) is 7.72. The van der Waals surface area contributed by atoms with E-state index >= 15 is 0 Å². The molecule has 5 rings (SSSR count). The Labute approximate surface area is 235 Å². The summed E-state index contributed by atoms with van der Waals surface area (Å²) in [5.74, 6) is -0.782. The second-order valence-corrected chi connectivity index (χ2v) is 10.3. The molecule has 1 aliphatic carbocycles. The number of aromatic nitrogens is 1. The number of amides is 4. The van der Waals surface area contributed by atoms with Gasteiger partial charge in [-0.15, -0.1) is 0 Å². The second-order valence-electron chi connectivity index (χ2n) is 9.92. The van der Waals surface area contributed by atoms with Gasteiger partial charge in [0.05, 0.1) is 22.3 Å². The van der Waals surface area contributed by atoms with E-state index in [9.17, 15) is 18.8 Å². The lowest BCUT2D eigenvalue weighted by Gasteiger charge is -2.23. The topological polar surface area (TPSA) is 128 Å². The fourth-order valence-corrected chi connectivity index (χ4v) is 5.39. The number of carbonyl (C=O) groups is 3. The van der Waals surface area contributed by atoms with E-state index < -0.39 is 24.0 Å². The van der Waals surface area contributed by atoms with Gasteiger partial charge in [-0.25, -0.2) is 14.2 Å². The largest absolute Gasteiger partial charge is 0.344 e. The summed E-state index contributed by atoms with van der Waals surface area (Å²) in [7, 11) is 1.69. The number of hydrazine groups is 1. The monoisotopic (exact) mass is 565 g/mol. The predicted octanol–water partition coefficient (Wildman–Crippen LogP) is 3.74. The third kappa shape index (κ3) is 5.55. The van der Waals surface area contributed by atoms with Crippen LogP contribution in [0.2, 0.25) is 5.02 Å². The van der Waals surface area contributed by atoms with Crippen molar-refractivity contribution in [3.63, 3.8) is 0 Å². The van der Waals surface area contributed by atoms with Gasteiger partial charge in [-0.05, 0) is 61.4 Å². The molecule has 0 radical (unpaired) electrons. The number of aryl methyl sites for hydroxylation is 1. The molecule has 1 aromatic carbocycles. The number of pyridine rings is 1. The average molecular weight is 566 g/mol. The highest BCUT2D eigenvalue weighted by Crippen LogP contribution is 2.35. The number of nitrogens with zero attached hydrogens (tertiary/aromatic N) is 3. The number of allylic oxidation sites excluding steroid dienone is 2. The third-order valence-corrected chi connectivity index (χ3v) is 7.63. The molecule has 0 spiro atoms. The fourth-order valence-electron chi connectivity index (χ4n) is 5.20.